The molecule has 0 fully saturated rings. The molecule has 0 aliphatic carbocycles. The Bertz CT molecular complexity index is 1510. The molecule has 0 saturated heterocycles. The molecule has 4 rings (SSSR count). The van der Waals surface area contributed by atoms with Crippen LogP contribution in [0.4, 0.5) is 5.13 Å². The first-order valence-corrected chi connectivity index (χ1v) is 11.7. The standard InChI is InChI=1S/C21H11ClN6O3S2/c22-15-2-5-20(17(8-15)18-4-1-13(9-23)11-25-18)31-19-6-3-16(7-14(19)10-24)33(29,30)28-21-26-12-27-32-21/h1-8,11-12H,(H,26,27,28). The molecular formula is C21H11ClN6O3S2. The van der Waals surface area contributed by atoms with E-state index in [1.807, 2.05) is 12.1 Å². The molecule has 0 saturated carbocycles. The Balaban J connectivity index is 1.69. The highest BCUT2D eigenvalue weighted by Crippen LogP contribution is 2.36. The van der Waals surface area contributed by atoms with Crippen molar-refractivity contribution in [3.8, 4) is 34.9 Å². The first-order chi connectivity index (χ1) is 15.9. The lowest BCUT2D eigenvalue weighted by Gasteiger charge is -2.13. The molecule has 2 aromatic heterocycles. The minimum absolute atomic E-state index is 0.00354. The SMILES string of the molecule is N#Cc1ccc(-c2cc(Cl)ccc2Oc2ccc(S(=O)(=O)Nc3ncns3)cc2C#N)nc1. The molecule has 0 amide bonds. The number of ether oxygens (including phenoxy) is 1. The Hall–Kier alpha value is -4.03. The molecule has 0 spiro atoms. The van der Waals surface area contributed by atoms with Crippen LogP contribution in [0.15, 0.2) is 66.0 Å². The number of sulfonamides is 1. The molecule has 2 aromatic carbocycles. The van der Waals surface area contributed by atoms with Crippen LogP contribution >= 0.6 is 23.1 Å². The van der Waals surface area contributed by atoms with Crippen LogP contribution in [0.3, 0.4) is 0 Å². The highest BCUT2D eigenvalue weighted by molar-refractivity contribution is 7.93. The summed E-state index contributed by atoms with van der Waals surface area (Å²) in [6, 6.07) is 16.0. The Morgan fingerprint density at radius 1 is 1.00 bits per heavy atom. The summed E-state index contributed by atoms with van der Waals surface area (Å²) in [6.45, 7) is 0. The van der Waals surface area contributed by atoms with E-state index < -0.39 is 10.0 Å². The van der Waals surface area contributed by atoms with E-state index in [0.29, 0.717) is 27.6 Å². The second-order valence-electron chi connectivity index (χ2n) is 6.41. The summed E-state index contributed by atoms with van der Waals surface area (Å²) in [7, 11) is -3.97. The van der Waals surface area contributed by atoms with Gasteiger partial charge in [-0.05, 0) is 48.5 Å². The predicted octanol–water partition coefficient (Wildman–Crippen LogP) is 4.59. The van der Waals surface area contributed by atoms with Gasteiger partial charge in [0.05, 0.1) is 21.7 Å². The van der Waals surface area contributed by atoms with Gasteiger partial charge in [-0.1, -0.05) is 11.6 Å². The highest BCUT2D eigenvalue weighted by atomic mass is 35.5. The van der Waals surface area contributed by atoms with Gasteiger partial charge in [-0.3, -0.25) is 9.71 Å². The fourth-order valence-electron chi connectivity index (χ4n) is 2.77. The Labute approximate surface area is 197 Å². The number of halogens is 1. The fourth-order valence-corrected chi connectivity index (χ4v) is 4.63. The Morgan fingerprint density at radius 2 is 1.82 bits per heavy atom. The van der Waals surface area contributed by atoms with E-state index >= 15 is 0 Å². The highest BCUT2D eigenvalue weighted by Gasteiger charge is 2.19. The number of hydrogen-bond acceptors (Lipinski definition) is 9. The second kappa shape index (κ2) is 9.22. The van der Waals surface area contributed by atoms with Crippen LogP contribution in [0.2, 0.25) is 5.02 Å². The summed E-state index contributed by atoms with van der Waals surface area (Å²) in [5.74, 6) is 0.486. The number of anilines is 1. The summed E-state index contributed by atoms with van der Waals surface area (Å²) < 4.78 is 37.2. The van der Waals surface area contributed by atoms with Crippen molar-refractivity contribution in [2.24, 2.45) is 0 Å². The van der Waals surface area contributed by atoms with E-state index in [1.54, 1.807) is 30.3 Å². The molecule has 33 heavy (non-hydrogen) atoms. The lowest BCUT2D eigenvalue weighted by Crippen LogP contribution is -2.13. The average molecular weight is 495 g/mol. The van der Waals surface area contributed by atoms with Crippen molar-refractivity contribution in [2.75, 3.05) is 4.72 Å². The molecule has 9 nitrogen and oxygen atoms in total. The molecule has 0 radical (unpaired) electrons. The van der Waals surface area contributed by atoms with Crippen molar-refractivity contribution in [1.29, 1.82) is 10.5 Å². The van der Waals surface area contributed by atoms with Gasteiger partial charge in [-0.2, -0.15) is 14.9 Å². The smallest absolute Gasteiger partial charge is 0.263 e. The number of nitrogens with zero attached hydrogens (tertiary/aromatic N) is 5. The van der Waals surface area contributed by atoms with E-state index in [0.717, 1.165) is 11.5 Å². The van der Waals surface area contributed by atoms with Gasteiger partial charge >= 0.3 is 0 Å². The summed E-state index contributed by atoms with van der Waals surface area (Å²) in [5, 5.41) is 19.1. The lowest BCUT2D eigenvalue weighted by molar-refractivity contribution is 0.482. The number of aromatic nitrogens is 3. The van der Waals surface area contributed by atoms with Crippen molar-refractivity contribution in [3.05, 3.63) is 77.2 Å². The average Bonchev–Trinajstić information content (AvgIpc) is 3.32. The maximum Gasteiger partial charge on any atom is 0.263 e. The van der Waals surface area contributed by atoms with Crippen LogP contribution in [0, 0.1) is 22.7 Å². The van der Waals surface area contributed by atoms with Gasteiger partial charge in [0.25, 0.3) is 10.0 Å². The number of benzene rings is 2. The molecule has 0 atom stereocenters. The predicted molar refractivity (Wildman–Crippen MR) is 121 cm³/mol. The van der Waals surface area contributed by atoms with E-state index in [2.05, 4.69) is 19.1 Å². The summed E-state index contributed by atoms with van der Waals surface area (Å²) in [4.78, 5) is 7.92. The first-order valence-electron chi connectivity index (χ1n) is 9.07. The fraction of sp³-hybridized carbons (Fsp3) is 0. The zero-order valence-electron chi connectivity index (χ0n) is 16.4. The van der Waals surface area contributed by atoms with E-state index in [9.17, 15) is 13.7 Å². The quantitative estimate of drug-likeness (QED) is 0.410. The summed E-state index contributed by atoms with van der Waals surface area (Å²) in [6.07, 6.45) is 2.65. The summed E-state index contributed by atoms with van der Waals surface area (Å²) >= 11 is 7.03. The molecule has 162 valence electrons. The van der Waals surface area contributed by atoms with Crippen LogP contribution in [-0.4, -0.2) is 22.8 Å². The van der Waals surface area contributed by atoms with Gasteiger partial charge in [0, 0.05) is 28.3 Å². The third-order valence-electron chi connectivity index (χ3n) is 4.29. The largest absolute Gasteiger partial charge is 0.455 e. The molecule has 4 aromatic rings. The van der Waals surface area contributed by atoms with Crippen LogP contribution in [-0.2, 0) is 10.0 Å². The van der Waals surface area contributed by atoms with Crippen LogP contribution < -0.4 is 9.46 Å². The maximum atomic E-state index is 12.6. The maximum absolute atomic E-state index is 12.6. The zero-order valence-corrected chi connectivity index (χ0v) is 18.8. The van der Waals surface area contributed by atoms with E-state index in [1.165, 1.54) is 30.7 Å². The molecule has 0 aliphatic heterocycles. The number of nitrogens with one attached hydrogen (secondary N) is 1. The van der Waals surface area contributed by atoms with Crippen LogP contribution in [0.5, 0.6) is 11.5 Å². The normalized spacial score (nSPS) is 10.8. The minimum Gasteiger partial charge on any atom is -0.455 e. The topological polar surface area (TPSA) is 142 Å². The van der Waals surface area contributed by atoms with Crippen molar-refractivity contribution >= 4 is 38.3 Å². The van der Waals surface area contributed by atoms with Gasteiger partial charge in [0.15, 0.2) is 0 Å². The Kier molecular flexibility index (Phi) is 6.20. The molecule has 1 N–H and O–H groups in total. The first kappa shape index (κ1) is 22.2. The molecule has 12 heteroatoms. The van der Waals surface area contributed by atoms with Gasteiger partial charge in [0.2, 0.25) is 5.13 Å². The van der Waals surface area contributed by atoms with Crippen LogP contribution in [0.25, 0.3) is 11.3 Å². The van der Waals surface area contributed by atoms with Gasteiger partial charge in [0.1, 0.15) is 30.0 Å². The van der Waals surface area contributed by atoms with Crippen molar-refractivity contribution in [1.82, 2.24) is 14.3 Å². The molecule has 2 heterocycles. The number of nitriles is 2. The third kappa shape index (κ3) is 4.91. The molecule has 0 aliphatic rings. The van der Waals surface area contributed by atoms with Crippen LogP contribution in [0.1, 0.15) is 11.1 Å². The van der Waals surface area contributed by atoms with Crippen molar-refractivity contribution in [3.63, 3.8) is 0 Å². The second-order valence-corrected chi connectivity index (χ2v) is 9.31. The molecular weight excluding hydrogens is 484 g/mol. The van der Waals surface area contributed by atoms with Gasteiger partial charge < -0.3 is 4.74 Å². The lowest BCUT2D eigenvalue weighted by atomic mass is 10.1. The molecule has 0 unspecified atom stereocenters. The van der Waals surface area contributed by atoms with Crippen molar-refractivity contribution in [2.45, 2.75) is 4.90 Å². The molecule has 0 bridgehead atoms. The van der Waals surface area contributed by atoms with E-state index in [-0.39, 0.29) is 21.3 Å². The van der Waals surface area contributed by atoms with E-state index in [4.69, 9.17) is 21.6 Å². The summed E-state index contributed by atoms with van der Waals surface area (Å²) in [5.41, 5.74) is 1.44. The van der Waals surface area contributed by atoms with Gasteiger partial charge in [-0.15, -0.1) is 0 Å². The number of pyridine rings is 1. The number of rotatable bonds is 6. The van der Waals surface area contributed by atoms with Crippen molar-refractivity contribution < 1.29 is 13.2 Å². The third-order valence-corrected chi connectivity index (χ3v) is 6.58. The Morgan fingerprint density at radius 3 is 2.48 bits per heavy atom. The zero-order chi connectivity index (χ0) is 23.4. The number of hydrogen-bond donors (Lipinski definition) is 1. The minimum atomic E-state index is -3.97. The monoisotopic (exact) mass is 494 g/mol. The van der Waals surface area contributed by atoms with Gasteiger partial charge in [-0.25, -0.2) is 13.4 Å².